The fourth-order valence-electron chi connectivity index (χ4n) is 2.85. The van der Waals surface area contributed by atoms with E-state index in [2.05, 4.69) is 12.1 Å². The monoisotopic (exact) mass is 327 g/mol. The van der Waals surface area contributed by atoms with Crippen molar-refractivity contribution >= 4 is 5.97 Å². The van der Waals surface area contributed by atoms with Gasteiger partial charge in [-0.15, -0.1) is 0 Å². The summed E-state index contributed by atoms with van der Waals surface area (Å²) in [7, 11) is 3.49. The standard InChI is InChI=1S/C19H21NO4/c1-20-18(14-6-4-3-5-7-14)12-17(24-20)13-23-19(21)15-8-10-16(22-2)11-9-15/h3-11,17-18H,12-13H2,1-2H3/t17-,18-/m0/s1. The summed E-state index contributed by atoms with van der Waals surface area (Å²) in [5.41, 5.74) is 1.70. The van der Waals surface area contributed by atoms with E-state index in [4.69, 9.17) is 14.3 Å². The molecule has 1 aliphatic heterocycles. The van der Waals surface area contributed by atoms with Gasteiger partial charge in [-0.2, -0.15) is 5.06 Å². The van der Waals surface area contributed by atoms with Crippen LogP contribution in [0.3, 0.4) is 0 Å². The SMILES string of the molecule is COc1ccc(C(=O)OC[C@@H]2C[C@@H](c3ccccc3)N(C)O2)cc1. The molecule has 126 valence electrons. The highest BCUT2D eigenvalue weighted by atomic mass is 16.7. The first-order valence-electron chi connectivity index (χ1n) is 7.93. The number of ether oxygens (including phenoxy) is 2. The number of methoxy groups -OCH3 is 1. The largest absolute Gasteiger partial charge is 0.497 e. The van der Waals surface area contributed by atoms with E-state index in [9.17, 15) is 4.79 Å². The Morgan fingerprint density at radius 2 is 1.88 bits per heavy atom. The minimum Gasteiger partial charge on any atom is -0.497 e. The number of carbonyl (C=O) groups is 1. The quantitative estimate of drug-likeness (QED) is 0.789. The Balaban J connectivity index is 1.54. The first-order chi connectivity index (χ1) is 11.7. The van der Waals surface area contributed by atoms with E-state index in [1.54, 1.807) is 31.4 Å². The molecule has 3 rings (SSSR count). The summed E-state index contributed by atoms with van der Waals surface area (Å²) >= 11 is 0. The summed E-state index contributed by atoms with van der Waals surface area (Å²) < 4.78 is 10.5. The molecule has 1 heterocycles. The number of carbonyl (C=O) groups excluding carboxylic acids is 1. The van der Waals surface area contributed by atoms with Crippen molar-refractivity contribution in [3.63, 3.8) is 0 Å². The summed E-state index contributed by atoms with van der Waals surface area (Å²) in [6.07, 6.45) is 0.651. The molecule has 2 aromatic rings. The molecule has 0 radical (unpaired) electrons. The third-order valence-electron chi connectivity index (χ3n) is 4.15. The van der Waals surface area contributed by atoms with Crippen LogP contribution in [0.1, 0.15) is 28.4 Å². The Kier molecular flexibility index (Phi) is 5.13. The summed E-state index contributed by atoms with van der Waals surface area (Å²) in [5, 5.41) is 1.83. The van der Waals surface area contributed by atoms with Gasteiger partial charge in [0.1, 0.15) is 18.5 Å². The number of hydrogen-bond acceptors (Lipinski definition) is 5. The van der Waals surface area contributed by atoms with Gasteiger partial charge in [-0.3, -0.25) is 4.84 Å². The molecule has 1 fully saturated rings. The lowest BCUT2D eigenvalue weighted by molar-refractivity contribution is -0.153. The van der Waals surface area contributed by atoms with Crippen LogP contribution in [0, 0.1) is 0 Å². The summed E-state index contributed by atoms with van der Waals surface area (Å²) in [6.45, 7) is 0.235. The van der Waals surface area contributed by atoms with Crippen LogP contribution >= 0.6 is 0 Å². The summed E-state index contributed by atoms with van der Waals surface area (Å²) in [5.74, 6) is 0.352. The highest BCUT2D eigenvalue weighted by molar-refractivity contribution is 5.89. The van der Waals surface area contributed by atoms with Gasteiger partial charge >= 0.3 is 5.97 Å². The fraction of sp³-hybridized carbons (Fsp3) is 0.316. The zero-order chi connectivity index (χ0) is 16.9. The molecule has 0 aliphatic carbocycles. The maximum Gasteiger partial charge on any atom is 0.338 e. The van der Waals surface area contributed by atoms with Crippen molar-refractivity contribution in [1.29, 1.82) is 0 Å². The van der Waals surface area contributed by atoms with Gasteiger partial charge in [0.25, 0.3) is 0 Å². The molecule has 1 saturated heterocycles. The summed E-state index contributed by atoms with van der Waals surface area (Å²) in [6, 6.07) is 17.2. The fourth-order valence-corrected chi connectivity index (χ4v) is 2.85. The highest BCUT2D eigenvalue weighted by Crippen LogP contribution is 2.32. The Bertz CT molecular complexity index is 672. The Morgan fingerprint density at radius 1 is 1.17 bits per heavy atom. The van der Waals surface area contributed by atoms with Gasteiger partial charge in [0.05, 0.1) is 18.7 Å². The molecule has 5 heteroatoms. The van der Waals surface area contributed by atoms with Crippen LogP contribution in [0.15, 0.2) is 54.6 Å². The molecule has 1 aliphatic rings. The zero-order valence-electron chi connectivity index (χ0n) is 13.8. The van der Waals surface area contributed by atoms with Crippen molar-refractivity contribution in [3.05, 3.63) is 65.7 Å². The lowest BCUT2D eigenvalue weighted by atomic mass is 10.0. The topological polar surface area (TPSA) is 48.0 Å². The van der Waals surface area contributed by atoms with Crippen molar-refractivity contribution in [2.45, 2.75) is 18.6 Å². The molecule has 24 heavy (non-hydrogen) atoms. The molecular formula is C19H21NO4. The molecule has 0 N–H and O–H groups in total. The highest BCUT2D eigenvalue weighted by Gasteiger charge is 2.32. The minimum absolute atomic E-state index is 0.137. The first-order valence-corrected chi connectivity index (χ1v) is 7.93. The van der Waals surface area contributed by atoms with Crippen LogP contribution in [0.25, 0.3) is 0 Å². The van der Waals surface area contributed by atoms with E-state index in [1.807, 2.05) is 30.3 Å². The van der Waals surface area contributed by atoms with Crippen LogP contribution < -0.4 is 4.74 Å². The molecule has 0 bridgehead atoms. The van der Waals surface area contributed by atoms with E-state index in [-0.39, 0.29) is 24.7 Å². The van der Waals surface area contributed by atoms with Crippen LogP contribution in [0.2, 0.25) is 0 Å². The second-order valence-corrected chi connectivity index (χ2v) is 5.76. The lowest BCUT2D eigenvalue weighted by Crippen LogP contribution is -2.20. The van der Waals surface area contributed by atoms with Gasteiger partial charge < -0.3 is 9.47 Å². The molecule has 5 nitrogen and oxygen atoms in total. The second kappa shape index (κ2) is 7.47. The van der Waals surface area contributed by atoms with Crippen LogP contribution in [0.5, 0.6) is 5.75 Å². The van der Waals surface area contributed by atoms with Crippen LogP contribution in [0.4, 0.5) is 0 Å². The van der Waals surface area contributed by atoms with Crippen LogP contribution in [-0.4, -0.2) is 37.9 Å². The van der Waals surface area contributed by atoms with Gasteiger partial charge in [0.2, 0.25) is 0 Å². The van der Waals surface area contributed by atoms with Gasteiger partial charge in [0, 0.05) is 13.5 Å². The number of hydrogen-bond donors (Lipinski definition) is 0. The van der Waals surface area contributed by atoms with Crippen LogP contribution in [-0.2, 0) is 9.57 Å². The maximum atomic E-state index is 12.1. The molecule has 0 saturated carbocycles. The van der Waals surface area contributed by atoms with Crippen molar-refractivity contribution in [1.82, 2.24) is 5.06 Å². The van der Waals surface area contributed by atoms with E-state index in [0.29, 0.717) is 11.3 Å². The number of esters is 1. The minimum atomic E-state index is -0.355. The first kappa shape index (κ1) is 16.5. The van der Waals surface area contributed by atoms with Gasteiger partial charge in [0.15, 0.2) is 0 Å². The smallest absolute Gasteiger partial charge is 0.338 e. The van der Waals surface area contributed by atoms with Crippen molar-refractivity contribution in [3.8, 4) is 5.75 Å². The summed E-state index contributed by atoms with van der Waals surface area (Å²) in [4.78, 5) is 17.9. The Hall–Kier alpha value is -2.37. The average molecular weight is 327 g/mol. The zero-order valence-corrected chi connectivity index (χ0v) is 13.8. The number of rotatable bonds is 5. The molecule has 0 spiro atoms. The molecule has 0 aromatic heterocycles. The predicted molar refractivity (Wildman–Crippen MR) is 89.7 cm³/mol. The number of hydroxylamine groups is 2. The van der Waals surface area contributed by atoms with E-state index < -0.39 is 0 Å². The molecule has 0 unspecified atom stereocenters. The van der Waals surface area contributed by atoms with E-state index >= 15 is 0 Å². The third kappa shape index (κ3) is 3.75. The van der Waals surface area contributed by atoms with Crippen molar-refractivity contribution in [2.75, 3.05) is 20.8 Å². The van der Waals surface area contributed by atoms with Gasteiger partial charge in [-0.25, -0.2) is 4.79 Å². The number of benzene rings is 2. The predicted octanol–water partition coefficient (Wildman–Crippen LogP) is 3.23. The average Bonchev–Trinajstić information content (AvgIpc) is 3.01. The van der Waals surface area contributed by atoms with E-state index in [0.717, 1.165) is 6.42 Å². The van der Waals surface area contributed by atoms with Crippen molar-refractivity contribution in [2.24, 2.45) is 0 Å². The molecular weight excluding hydrogens is 306 g/mol. The maximum absolute atomic E-state index is 12.1. The lowest BCUT2D eigenvalue weighted by Gasteiger charge is -2.17. The van der Waals surface area contributed by atoms with E-state index in [1.165, 1.54) is 5.56 Å². The van der Waals surface area contributed by atoms with Crippen molar-refractivity contribution < 1.29 is 19.1 Å². The molecule has 2 atom stereocenters. The number of nitrogens with zero attached hydrogens (tertiary/aromatic N) is 1. The molecule has 0 amide bonds. The molecule has 2 aromatic carbocycles. The Morgan fingerprint density at radius 3 is 2.54 bits per heavy atom. The van der Waals surface area contributed by atoms with Gasteiger partial charge in [-0.05, 0) is 29.8 Å². The third-order valence-corrected chi connectivity index (χ3v) is 4.15. The normalized spacial score (nSPS) is 20.8. The Labute approximate surface area is 141 Å². The second-order valence-electron chi connectivity index (χ2n) is 5.76. The van der Waals surface area contributed by atoms with Gasteiger partial charge in [-0.1, -0.05) is 30.3 Å².